The topological polar surface area (TPSA) is 107 Å². The summed E-state index contributed by atoms with van der Waals surface area (Å²) in [6.45, 7) is 6.31. The first kappa shape index (κ1) is 33.8. The number of amides is 1. The van der Waals surface area contributed by atoms with E-state index in [0.29, 0.717) is 35.7 Å². The Bertz CT molecular complexity index is 1370. The van der Waals surface area contributed by atoms with Crippen molar-refractivity contribution < 1.29 is 28.6 Å². The molecule has 1 N–H and O–H groups in total. The van der Waals surface area contributed by atoms with Crippen molar-refractivity contribution in [3.8, 4) is 5.75 Å². The van der Waals surface area contributed by atoms with Crippen LogP contribution in [0, 0.1) is 0 Å². The lowest BCUT2D eigenvalue weighted by Gasteiger charge is -2.37. The molecule has 2 aromatic rings. The second-order valence-electron chi connectivity index (χ2n) is 10.9. The van der Waals surface area contributed by atoms with Crippen LogP contribution >= 0.6 is 12.4 Å². The van der Waals surface area contributed by atoms with Crippen molar-refractivity contribution in [2.45, 2.75) is 56.9 Å². The molecule has 1 fully saturated rings. The normalized spacial score (nSPS) is 20.6. The molecule has 0 aliphatic carbocycles. The van der Waals surface area contributed by atoms with E-state index >= 15 is 0 Å². The molecule has 0 bridgehead atoms. The molecule has 0 radical (unpaired) electrons. The molecule has 4 rings (SSSR count). The Hall–Kier alpha value is -3.69. The average molecular weight is 612 g/mol. The molecule has 232 valence electrons. The largest absolute Gasteiger partial charge is 0.497 e. The quantitative estimate of drug-likeness (QED) is 0.373. The summed E-state index contributed by atoms with van der Waals surface area (Å²) in [7, 11) is 4.28. The summed E-state index contributed by atoms with van der Waals surface area (Å²) in [6.07, 6.45) is 4.77. The van der Waals surface area contributed by atoms with Gasteiger partial charge in [0.2, 0.25) is 5.91 Å². The van der Waals surface area contributed by atoms with Gasteiger partial charge in [-0.3, -0.25) is 14.6 Å². The number of hydrogen-bond acceptors (Lipinski definition) is 8. The molecule has 10 heteroatoms. The van der Waals surface area contributed by atoms with Gasteiger partial charge in [0.25, 0.3) is 0 Å². The van der Waals surface area contributed by atoms with E-state index in [2.05, 4.69) is 27.3 Å². The van der Waals surface area contributed by atoms with Gasteiger partial charge in [-0.2, -0.15) is 0 Å². The molecule has 1 saturated heterocycles. The number of nitrogens with one attached hydrogen (secondary N) is 1. The van der Waals surface area contributed by atoms with E-state index in [1.165, 1.54) is 19.8 Å². The van der Waals surface area contributed by atoms with Gasteiger partial charge in [-0.1, -0.05) is 30.3 Å². The van der Waals surface area contributed by atoms with E-state index in [9.17, 15) is 14.4 Å². The standard InChI is InChI=1S/C33H41N3O6.ClH/c1-22-27(31(38)41-4)21-33(23(2)34-22,32(39)42-5)28-12-6-7-13-29(28)35-30(37)14-9-17-36-18-15-24(16-19-36)25-10-8-11-26(20-25)40-3;/h6-8,10-13,20-21,23-24H,9,14-19H2,1-5H3,(H,35,37);1H. The number of piperidine rings is 1. The highest BCUT2D eigenvalue weighted by Gasteiger charge is 2.49. The van der Waals surface area contributed by atoms with Gasteiger partial charge in [-0.15, -0.1) is 12.4 Å². The number of carbonyl (C=O) groups is 3. The van der Waals surface area contributed by atoms with E-state index in [1.807, 2.05) is 12.1 Å². The SMILES string of the molecule is COC(=O)C1=CC(C(=O)OC)(c2ccccc2NC(=O)CCCN2CCC(c3cccc(OC)c3)CC2)C(C)N=C1C.Cl. The van der Waals surface area contributed by atoms with Gasteiger partial charge >= 0.3 is 11.9 Å². The zero-order valence-corrected chi connectivity index (χ0v) is 26.4. The number of carbonyl (C=O) groups excluding carboxylic acids is 3. The first-order valence-corrected chi connectivity index (χ1v) is 14.4. The molecule has 43 heavy (non-hydrogen) atoms. The number of halogens is 1. The molecular formula is C33H42ClN3O6. The second-order valence-corrected chi connectivity index (χ2v) is 10.9. The van der Waals surface area contributed by atoms with Crippen molar-refractivity contribution in [3.05, 3.63) is 71.3 Å². The van der Waals surface area contributed by atoms with Crippen LogP contribution in [0.2, 0.25) is 0 Å². The van der Waals surface area contributed by atoms with Crippen LogP contribution in [-0.2, 0) is 29.3 Å². The maximum Gasteiger partial charge on any atom is 0.339 e. The summed E-state index contributed by atoms with van der Waals surface area (Å²) in [6, 6.07) is 14.8. The first-order valence-electron chi connectivity index (χ1n) is 14.4. The van der Waals surface area contributed by atoms with Crippen LogP contribution in [0.1, 0.15) is 56.6 Å². The second kappa shape index (κ2) is 15.2. The van der Waals surface area contributed by atoms with Gasteiger partial charge in [0.1, 0.15) is 11.2 Å². The van der Waals surface area contributed by atoms with Crippen molar-refractivity contribution >= 4 is 41.7 Å². The van der Waals surface area contributed by atoms with E-state index in [0.717, 1.165) is 38.2 Å². The lowest BCUT2D eigenvalue weighted by molar-refractivity contribution is -0.146. The van der Waals surface area contributed by atoms with E-state index in [1.54, 1.807) is 51.3 Å². The monoisotopic (exact) mass is 611 g/mol. The van der Waals surface area contributed by atoms with Crippen LogP contribution in [0.3, 0.4) is 0 Å². The van der Waals surface area contributed by atoms with E-state index in [4.69, 9.17) is 14.2 Å². The maximum absolute atomic E-state index is 13.4. The number of methoxy groups -OCH3 is 3. The Kier molecular flexibility index (Phi) is 11.9. The first-order chi connectivity index (χ1) is 20.2. The lowest BCUT2D eigenvalue weighted by atomic mass is 9.71. The molecule has 2 unspecified atom stereocenters. The van der Waals surface area contributed by atoms with Crippen LogP contribution in [0.25, 0.3) is 0 Å². The highest BCUT2D eigenvalue weighted by atomic mass is 35.5. The van der Waals surface area contributed by atoms with Gasteiger partial charge in [0.05, 0.1) is 32.9 Å². The third kappa shape index (κ3) is 7.46. The molecule has 2 aromatic carbocycles. The summed E-state index contributed by atoms with van der Waals surface area (Å²) in [5.74, 6) is 0.0919. The highest BCUT2D eigenvalue weighted by molar-refractivity contribution is 6.20. The fourth-order valence-corrected chi connectivity index (χ4v) is 6.06. The maximum atomic E-state index is 13.4. The summed E-state index contributed by atoms with van der Waals surface area (Å²) in [5.41, 5.74) is 1.55. The van der Waals surface area contributed by atoms with Crippen molar-refractivity contribution in [2.75, 3.05) is 46.3 Å². The van der Waals surface area contributed by atoms with E-state index in [-0.39, 0.29) is 23.9 Å². The van der Waals surface area contributed by atoms with Crippen LogP contribution in [-0.4, -0.2) is 75.5 Å². The Morgan fingerprint density at radius 1 is 1.02 bits per heavy atom. The summed E-state index contributed by atoms with van der Waals surface area (Å²) in [5, 5.41) is 3.01. The molecule has 0 saturated carbocycles. The van der Waals surface area contributed by atoms with Crippen LogP contribution in [0.15, 0.2) is 65.2 Å². The minimum atomic E-state index is -1.42. The third-order valence-electron chi connectivity index (χ3n) is 8.41. The minimum Gasteiger partial charge on any atom is -0.497 e. The van der Waals surface area contributed by atoms with Crippen molar-refractivity contribution in [2.24, 2.45) is 4.99 Å². The molecular weight excluding hydrogens is 570 g/mol. The molecule has 2 atom stereocenters. The van der Waals surface area contributed by atoms with Gasteiger partial charge in [0, 0.05) is 17.8 Å². The summed E-state index contributed by atoms with van der Waals surface area (Å²) < 4.78 is 15.6. The molecule has 1 amide bonds. The number of hydrogen-bond donors (Lipinski definition) is 1. The summed E-state index contributed by atoms with van der Waals surface area (Å²) in [4.78, 5) is 46.0. The lowest BCUT2D eigenvalue weighted by Crippen LogP contribution is -2.47. The smallest absolute Gasteiger partial charge is 0.339 e. The molecule has 9 nitrogen and oxygen atoms in total. The number of aliphatic imine (C=N–C) groups is 1. The highest BCUT2D eigenvalue weighted by Crippen LogP contribution is 2.41. The Morgan fingerprint density at radius 2 is 1.74 bits per heavy atom. The number of para-hydroxylation sites is 1. The Labute approximate surface area is 260 Å². The van der Waals surface area contributed by atoms with Crippen molar-refractivity contribution in [3.63, 3.8) is 0 Å². The molecule has 2 heterocycles. The fourth-order valence-electron chi connectivity index (χ4n) is 6.06. The van der Waals surface area contributed by atoms with Crippen molar-refractivity contribution in [1.82, 2.24) is 4.90 Å². The zero-order chi connectivity index (χ0) is 30.3. The van der Waals surface area contributed by atoms with Crippen LogP contribution in [0.4, 0.5) is 5.69 Å². The van der Waals surface area contributed by atoms with E-state index < -0.39 is 23.4 Å². The zero-order valence-electron chi connectivity index (χ0n) is 25.6. The third-order valence-corrected chi connectivity index (χ3v) is 8.41. The minimum absolute atomic E-state index is 0. The molecule has 2 aliphatic rings. The Balaban J connectivity index is 0.00000506. The van der Waals surface area contributed by atoms with Gasteiger partial charge in [-0.25, -0.2) is 4.79 Å². The number of dihydropyridines is 1. The number of rotatable bonds is 10. The number of ether oxygens (including phenoxy) is 3. The molecule has 0 aromatic heterocycles. The predicted octanol–water partition coefficient (Wildman–Crippen LogP) is 5.09. The summed E-state index contributed by atoms with van der Waals surface area (Å²) >= 11 is 0. The number of anilines is 1. The Morgan fingerprint density at radius 3 is 2.42 bits per heavy atom. The number of nitrogens with zero attached hydrogens (tertiary/aromatic N) is 2. The number of esters is 2. The molecule has 0 spiro atoms. The van der Waals surface area contributed by atoms with Crippen molar-refractivity contribution in [1.29, 1.82) is 0 Å². The fraction of sp³-hybridized carbons (Fsp3) is 0.455. The number of likely N-dealkylation sites (tertiary alicyclic amines) is 1. The van der Waals surface area contributed by atoms with Gasteiger partial charge in [-0.05, 0) is 94.1 Å². The molecule has 2 aliphatic heterocycles. The van der Waals surface area contributed by atoms with Crippen LogP contribution < -0.4 is 10.1 Å². The van der Waals surface area contributed by atoms with Gasteiger partial charge in [0.15, 0.2) is 0 Å². The average Bonchev–Trinajstić information content (AvgIpc) is 3.01. The van der Waals surface area contributed by atoms with Crippen LogP contribution in [0.5, 0.6) is 5.75 Å². The van der Waals surface area contributed by atoms with Gasteiger partial charge < -0.3 is 24.4 Å². The number of benzene rings is 2. The predicted molar refractivity (Wildman–Crippen MR) is 169 cm³/mol.